The molecule has 0 aliphatic rings. The Morgan fingerprint density at radius 2 is 1.33 bits per heavy atom. The van der Waals surface area contributed by atoms with Crippen LogP contribution in [-0.4, -0.2) is 5.78 Å². The zero-order valence-corrected chi connectivity index (χ0v) is 10.8. The number of ketones is 1. The highest BCUT2D eigenvalue weighted by molar-refractivity contribution is 6.10. The van der Waals surface area contributed by atoms with Gasteiger partial charge in [-0.25, -0.2) is 22.0 Å². The molecule has 6 heteroatoms. The maximum absolute atomic E-state index is 13.6. The summed E-state index contributed by atoms with van der Waals surface area (Å²) in [6.07, 6.45) is 0.372. The Bertz CT molecular complexity index is 695. The van der Waals surface area contributed by atoms with E-state index in [0.29, 0.717) is 12.0 Å². The Morgan fingerprint density at radius 3 is 1.86 bits per heavy atom. The van der Waals surface area contributed by atoms with Crippen molar-refractivity contribution in [1.82, 2.24) is 0 Å². The van der Waals surface area contributed by atoms with Crippen molar-refractivity contribution in [3.63, 3.8) is 0 Å². The quantitative estimate of drug-likeness (QED) is 0.360. The first-order chi connectivity index (χ1) is 9.90. The molecule has 110 valence electrons. The van der Waals surface area contributed by atoms with Crippen molar-refractivity contribution in [1.29, 1.82) is 0 Å². The zero-order valence-electron chi connectivity index (χ0n) is 10.8. The number of hydrogen-bond acceptors (Lipinski definition) is 1. The third-order valence-electron chi connectivity index (χ3n) is 3.08. The van der Waals surface area contributed by atoms with Crippen molar-refractivity contribution in [2.45, 2.75) is 13.3 Å². The molecule has 0 saturated heterocycles. The molecule has 0 saturated carbocycles. The minimum atomic E-state index is -2.29. The summed E-state index contributed by atoms with van der Waals surface area (Å²) in [7, 11) is 0. The maximum atomic E-state index is 13.6. The first-order valence-electron chi connectivity index (χ1n) is 6.04. The van der Waals surface area contributed by atoms with Crippen LogP contribution < -0.4 is 0 Å². The van der Waals surface area contributed by atoms with Gasteiger partial charge in [-0.1, -0.05) is 31.2 Å². The second kappa shape index (κ2) is 5.63. The molecule has 0 atom stereocenters. The first kappa shape index (κ1) is 15.2. The molecule has 2 aromatic rings. The summed E-state index contributed by atoms with van der Waals surface area (Å²) < 4.78 is 66.5. The van der Waals surface area contributed by atoms with E-state index in [1.54, 1.807) is 19.1 Å². The van der Waals surface area contributed by atoms with E-state index in [-0.39, 0.29) is 5.56 Å². The molecule has 0 aliphatic heterocycles. The number of carbonyl (C=O) groups is 1. The fourth-order valence-electron chi connectivity index (χ4n) is 1.99. The van der Waals surface area contributed by atoms with E-state index in [2.05, 4.69) is 0 Å². The van der Waals surface area contributed by atoms with Crippen LogP contribution in [0.25, 0.3) is 0 Å². The zero-order chi connectivity index (χ0) is 15.7. The Kier molecular flexibility index (Phi) is 4.06. The summed E-state index contributed by atoms with van der Waals surface area (Å²) in [5.74, 6) is -12.0. The minimum absolute atomic E-state index is 0.0943. The molecule has 1 nitrogen and oxygen atoms in total. The van der Waals surface area contributed by atoms with Gasteiger partial charge in [-0.05, 0) is 12.0 Å². The van der Waals surface area contributed by atoms with Crippen LogP contribution in [0.1, 0.15) is 28.4 Å². The molecular formula is C15H9F5O. The van der Waals surface area contributed by atoms with Gasteiger partial charge < -0.3 is 0 Å². The number of halogens is 5. The van der Waals surface area contributed by atoms with Crippen molar-refractivity contribution in [2.75, 3.05) is 0 Å². The highest BCUT2D eigenvalue weighted by atomic mass is 19.2. The standard InChI is InChI=1S/C15H9F5O/c1-2-7-5-3-4-6-8(7)15(21)9-10(16)12(18)14(20)13(19)11(9)17/h3-6H,2H2,1H3. The normalized spacial score (nSPS) is 10.8. The second-order valence-electron chi connectivity index (χ2n) is 4.28. The Hall–Kier alpha value is -2.24. The second-order valence-corrected chi connectivity index (χ2v) is 4.28. The summed E-state index contributed by atoms with van der Waals surface area (Å²) in [6.45, 7) is 1.70. The van der Waals surface area contributed by atoms with Gasteiger partial charge >= 0.3 is 0 Å². The van der Waals surface area contributed by atoms with Crippen molar-refractivity contribution < 1.29 is 26.7 Å². The molecule has 0 amide bonds. The Labute approximate surface area is 117 Å². The van der Waals surface area contributed by atoms with E-state index in [1.807, 2.05) is 0 Å². The van der Waals surface area contributed by atoms with E-state index < -0.39 is 40.4 Å². The van der Waals surface area contributed by atoms with Gasteiger partial charge in [-0.2, -0.15) is 0 Å². The number of benzene rings is 2. The fourth-order valence-corrected chi connectivity index (χ4v) is 1.99. The van der Waals surface area contributed by atoms with Crippen LogP contribution in [0.15, 0.2) is 24.3 Å². The Balaban J connectivity index is 2.70. The third-order valence-corrected chi connectivity index (χ3v) is 3.08. The predicted molar refractivity (Wildman–Crippen MR) is 65.5 cm³/mol. The van der Waals surface area contributed by atoms with E-state index in [9.17, 15) is 26.7 Å². The largest absolute Gasteiger partial charge is 0.288 e. The first-order valence-corrected chi connectivity index (χ1v) is 6.04. The average Bonchev–Trinajstić information content (AvgIpc) is 2.51. The number of aryl methyl sites for hydroxylation is 1. The van der Waals surface area contributed by atoms with Crippen LogP contribution >= 0.6 is 0 Å². The molecule has 0 aliphatic carbocycles. The van der Waals surface area contributed by atoms with Gasteiger partial charge in [0.25, 0.3) is 0 Å². The summed E-state index contributed by atoms with van der Waals surface area (Å²) in [4.78, 5) is 12.1. The molecule has 21 heavy (non-hydrogen) atoms. The molecule has 0 N–H and O–H groups in total. The van der Waals surface area contributed by atoms with Crippen molar-refractivity contribution in [3.05, 3.63) is 70.0 Å². The molecule has 0 spiro atoms. The van der Waals surface area contributed by atoms with Crippen LogP contribution in [0.3, 0.4) is 0 Å². The van der Waals surface area contributed by atoms with Crippen LogP contribution in [0.2, 0.25) is 0 Å². The summed E-state index contributed by atoms with van der Waals surface area (Å²) in [6, 6.07) is 5.87. The lowest BCUT2D eigenvalue weighted by Gasteiger charge is -2.10. The van der Waals surface area contributed by atoms with Crippen LogP contribution in [0.4, 0.5) is 22.0 Å². The Morgan fingerprint density at radius 1 is 0.857 bits per heavy atom. The van der Waals surface area contributed by atoms with Crippen molar-refractivity contribution >= 4 is 5.78 Å². The highest BCUT2D eigenvalue weighted by Gasteiger charge is 2.30. The maximum Gasteiger partial charge on any atom is 0.200 e. The average molecular weight is 300 g/mol. The fraction of sp³-hybridized carbons (Fsp3) is 0.133. The molecule has 2 aromatic carbocycles. The van der Waals surface area contributed by atoms with Crippen LogP contribution in [-0.2, 0) is 6.42 Å². The smallest absolute Gasteiger partial charge is 0.200 e. The molecule has 2 rings (SSSR count). The van der Waals surface area contributed by atoms with Crippen LogP contribution in [0, 0.1) is 29.1 Å². The summed E-state index contributed by atoms with van der Waals surface area (Å²) in [5, 5.41) is 0. The summed E-state index contributed by atoms with van der Waals surface area (Å²) >= 11 is 0. The lowest BCUT2D eigenvalue weighted by atomic mass is 9.96. The SMILES string of the molecule is CCc1ccccc1C(=O)c1c(F)c(F)c(F)c(F)c1F. The van der Waals surface area contributed by atoms with Gasteiger partial charge in [0, 0.05) is 5.56 Å². The lowest BCUT2D eigenvalue weighted by molar-refractivity contribution is 0.102. The molecule has 0 fully saturated rings. The topological polar surface area (TPSA) is 17.1 Å². The third kappa shape index (κ3) is 2.41. The molecule has 0 unspecified atom stereocenters. The van der Waals surface area contributed by atoms with Gasteiger partial charge in [0.2, 0.25) is 5.82 Å². The number of hydrogen-bond donors (Lipinski definition) is 0. The molecule has 0 bridgehead atoms. The molecule has 0 radical (unpaired) electrons. The van der Waals surface area contributed by atoms with Crippen LogP contribution in [0.5, 0.6) is 0 Å². The van der Waals surface area contributed by atoms with E-state index >= 15 is 0 Å². The van der Waals surface area contributed by atoms with Gasteiger partial charge in [0.15, 0.2) is 29.1 Å². The van der Waals surface area contributed by atoms with Gasteiger partial charge in [-0.15, -0.1) is 0 Å². The van der Waals surface area contributed by atoms with E-state index in [0.717, 1.165) is 0 Å². The molecule has 0 aromatic heterocycles. The highest BCUT2D eigenvalue weighted by Crippen LogP contribution is 2.26. The van der Waals surface area contributed by atoms with E-state index in [4.69, 9.17) is 0 Å². The molecular weight excluding hydrogens is 291 g/mol. The molecule has 0 heterocycles. The van der Waals surface area contributed by atoms with Gasteiger partial charge in [-0.3, -0.25) is 4.79 Å². The van der Waals surface area contributed by atoms with Crippen molar-refractivity contribution in [2.24, 2.45) is 0 Å². The summed E-state index contributed by atoms with van der Waals surface area (Å²) in [5.41, 5.74) is -1.08. The van der Waals surface area contributed by atoms with Gasteiger partial charge in [0.1, 0.15) is 5.56 Å². The monoisotopic (exact) mass is 300 g/mol. The number of rotatable bonds is 3. The van der Waals surface area contributed by atoms with E-state index in [1.165, 1.54) is 12.1 Å². The minimum Gasteiger partial charge on any atom is -0.288 e. The van der Waals surface area contributed by atoms with Crippen molar-refractivity contribution in [3.8, 4) is 0 Å². The predicted octanol–water partition coefficient (Wildman–Crippen LogP) is 4.18. The number of carbonyl (C=O) groups excluding carboxylic acids is 1. The van der Waals surface area contributed by atoms with Gasteiger partial charge in [0.05, 0.1) is 0 Å². The lowest BCUT2D eigenvalue weighted by Crippen LogP contribution is -2.15.